The number of nitrogens with zero attached hydrogens (tertiary/aromatic N) is 1. The molecule has 6 nitrogen and oxygen atoms in total. The molecule has 0 saturated heterocycles. The molecule has 2 aliphatic rings. The molecule has 2 heterocycles. The predicted molar refractivity (Wildman–Crippen MR) is 102 cm³/mol. The van der Waals surface area contributed by atoms with Gasteiger partial charge in [-0.15, -0.1) is 0 Å². The van der Waals surface area contributed by atoms with Crippen LogP contribution in [0.1, 0.15) is 37.6 Å². The van der Waals surface area contributed by atoms with Gasteiger partial charge in [-0.3, -0.25) is 14.9 Å². The monoisotopic (exact) mass is 369 g/mol. The fourth-order valence-electron chi connectivity index (χ4n) is 3.70. The summed E-state index contributed by atoms with van der Waals surface area (Å²) in [4.78, 5) is 24.5. The van der Waals surface area contributed by atoms with E-state index >= 15 is 0 Å². The number of anilines is 2. The lowest BCUT2D eigenvalue weighted by Crippen LogP contribution is -2.31. The van der Waals surface area contributed by atoms with E-state index in [1.165, 1.54) is 6.07 Å². The average Bonchev–Trinajstić information content (AvgIpc) is 2.98. The first-order chi connectivity index (χ1) is 12.3. The number of hydrogen-bond acceptors (Lipinski definition) is 6. The number of benzene rings is 1. The summed E-state index contributed by atoms with van der Waals surface area (Å²) < 4.78 is 0. The Labute approximate surface area is 155 Å². The van der Waals surface area contributed by atoms with Crippen LogP contribution in [0.3, 0.4) is 0 Å². The number of carbonyl (C=O) groups is 1. The average molecular weight is 369 g/mol. The molecule has 1 aromatic heterocycles. The smallest absolute Gasteiger partial charge is 0.324 e. The standard InChI is InChI=1S/C19H19N3O3S/c1-19(2)9-13-17(14(23)10-19)18(15-7-8-16(26-15)22(24)25)21-12-6-4-3-5-11(12)20-13/h3-8,18,20-21H,9-10H2,1-2H3. The fourth-order valence-corrected chi connectivity index (χ4v) is 4.58. The van der Waals surface area contributed by atoms with E-state index in [0.717, 1.165) is 39.7 Å². The summed E-state index contributed by atoms with van der Waals surface area (Å²) in [5.74, 6) is 0.0881. The molecule has 0 radical (unpaired) electrons. The molecule has 1 unspecified atom stereocenters. The SMILES string of the molecule is CC1(C)CC(=O)C2=C(C1)Nc1ccccc1NC2c1ccc([N+](=O)[O-])s1. The Morgan fingerprint density at radius 1 is 1.15 bits per heavy atom. The van der Waals surface area contributed by atoms with Crippen molar-refractivity contribution in [2.45, 2.75) is 32.7 Å². The van der Waals surface area contributed by atoms with Crippen molar-refractivity contribution in [1.29, 1.82) is 0 Å². The number of fused-ring (bicyclic) bond motifs is 1. The topological polar surface area (TPSA) is 84.3 Å². The van der Waals surface area contributed by atoms with E-state index in [1.54, 1.807) is 6.07 Å². The van der Waals surface area contributed by atoms with Gasteiger partial charge in [0.05, 0.1) is 22.3 Å². The second-order valence-electron chi connectivity index (χ2n) is 7.51. The number of hydrogen-bond donors (Lipinski definition) is 2. The lowest BCUT2D eigenvalue weighted by Gasteiger charge is -2.33. The highest BCUT2D eigenvalue weighted by Gasteiger charge is 2.39. The van der Waals surface area contributed by atoms with Crippen LogP contribution in [0.2, 0.25) is 0 Å². The Morgan fingerprint density at radius 2 is 1.88 bits per heavy atom. The molecule has 0 bridgehead atoms. The molecule has 0 amide bonds. The van der Waals surface area contributed by atoms with E-state index in [-0.39, 0.29) is 22.2 Å². The van der Waals surface area contributed by atoms with E-state index in [1.807, 2.05) is 24.3 Å². The van der Waals surface area contributed by atoms with Gasteiger partial charge in [0, 0.05) is 28.6 Å². The second kappa shape index (κ2) is 5.95. The molecule has 4 rings (SSSR count). The molecule has 1 atom stereocenters. The van der Waals surface area contributed by atoms with Gasteiger partial charge in [0.15, 0.2) is 5.78 Å². The second-order valence-corrected chi connectivity index (χ2v) is 8.61. The Morgan fingerprint density at radius 3 is 2.58 bits per heavy atom. The molecule has 7 heteroatoms. The number of para-hydroxylation sites is 2. The van der Waals surface area contributed by atoms with Crippen LogP contribution >= 0.6 is 11.3 Å². The summed E-state index contributed by atoms with van der Waals surface area (Å²) in [5.41, 5.74) is 3.28. The number of thiophene rings is 1. The van der Waals surface area contributed by atoms with Crippen molar-refractivity contribution in [2.75, 3.05) is 10.6 Å². The summed E-state index contributed by atoms with van der Waals surface area (Å²) >= 11 is 1.11. The highest BCUT2D eigenvalue weighted by Crippen LogP contribution is 2.46. The van der Waals surface area contributed by atoms with Crippen LogP contribution in [-0.2, 0) is 4.79 Å². The van der Waals surface area contributed by atoms with Gasteiger partial charge < -0.3 is 10.6 Å². The van der Waals surface area contributed by atoms with Crippen LogP contribution in [0.25, 0.3) is 0 Å². The van der Waals surface area contributed by atoms with Gasteiger partial charge in [0.25, 0.3) is 0 Å². The molecule has 0 saturated carbocycles. The lowest BCUT2D eigenvalue weighted by molar-refractivity contribution is -0.380. The predicted octanol–water partition coefficient (Wildman–Crippen LogP) is 4.88. The molecular weight excluding hydrogens is 350 g/mol. The van der Waals surface area contributed by atoms with Gasteiger partial charge >= 0.3 is 5.00 Å². The first-order valence-electron chi connectivity index (χ1n) is 8.47. The zero-order valence-corrected chi connectivity index (χ0v) is 15.4. The molecule has 2 N–H and O–H groups in total. The van der Waals surface area contributed by atoms with Gasteiger partial charge in [-0.25, -0.2) is 0 Å². The van der Waals surface area contributed by atoms with Crippen LogP contribution < -0.4 is 10.6 Å². The Bertz CT molecular complexity index is 945. The van der Waals surface area contributed by atoms with Crippen LogP contribution in [-0.4, -0.2) is 10.7 Å². The first kappa shape index (κ1) is 16.8. The van der Waals surface area contributed by atoms with E-state index in [0.29, 0.717) is 12.0 Å². The van der Waals surface area contributed by atoms with Crippen molar-refractivity contribution in [3.63, 3.8) is 0 Å². The molecule has 1 aliphatic heterocycles. The number of rotatable bonds is 2. The summed E-state index contributed by atoms with van der Waals surface area (Å²) in [7, 11) is 0. The zero-order chi connectivity index (χ0) is 18.5. The summed E-state index contributed by atoms with van der Waals surface area (Å²) in [6.07, 6.45) is 1.23. The third-order valence-electron chi connectivity index (χ3n) is 4.80. The Balaban J connectivity index is 1.86. The normalized spacial score (nSPS) is 21.2. The van der Waals surface area contributed by atoms with E-state index < -0.39 is 4.92 Å². The van der Waals surface area contributed by atoms with Crippen molar-refractivity contribution < 1.29 is 9.72 Å². The van der Waals surface area contributed by atoms with Crippen molar-refractivity contribution >= 4 is 33.5 Å². The Hall–Kier alpha value is -2.67. The maximum Gasteiger partial charge on any atom is 0.324 e. The molecule has 0 fully saturated rings. The Kier molecular flexibility index (Phi) is 3.84. The van der Waals surface area contributed by atoms with Gasteiger partial charge in [-0.05, 0) is 30.0 Å². The van der Waals surface area contributed by atoms with Gasteiger partial charge in [0.1, 0.15) is 0 Å². The molecule has 134 valence electrons. The number of nitrogens with one attached hydrogen (secondary N) is 2. The molecule has 1 aliphatic carbocycles. The third-order valence-corrected chi connectivity index (χ3v) is 5.90. The number of carbonyl (C=O) groups excluding carboxylic acids is 1. The largest absolute Gasteiger partial charge is 0.372 e. The van der Waals surface area contributed by atoms with Crippen LogP contribution in [0.5, 0.6) is 0 Å². The molecule has 2 aromatic rings. The van der Waals surface area contributed by atoms with Gasteiger partial charge in [-0.1, -0.05) is 37.3 Å². The number of Topliss-reactive ketones (excluding diaryl/α,β-unsaturated/α-hetero) is 1. The van der Waals surface area contributed by atoms with Gasteiger partial charge in [0.2, 0.25) is 0 Å². The maximum atomic E-state index is 13.0. The first-order valence-corrected chi connectivity index (χ1v) is 9.29. The summed E-state index contributed by atoms with van der Waals surface area (Å²) in [6, 6.07) is 10.7. The summed E-state index contributed by atoms with van der Waals surface area (Å²) in [5, 5.41) is 18.1. The molecule has 1 aromatic carbocycles. The van der Waals surface area contributed by atoms with Crippen molar-refractivity contribution in [2.24, 2.45) is 5.41 Å². The zero-order valence-electron chi connectivity index (χ0n) is 14.5. The van der Waals surface area contributed by atoms with Crippen LogP contribution in [0.4, 0.5) is 16.4 Å². The highest BCUT2D eigenvalue weighted by molar-refractivity contribution is 7.15. The van der Waals surface area contributed by atoms with E-state index in [2.05, 4.69) is 24.5 Å². The van der Waals surface area contributed by atoms with Gasteiger partial charge in [-0.2, -0.15) is 0 Å². The van der Waals surface area contributed by atoms with Crippen molar-refractivity contribution in [1.82, 2.24) is 0 Å². The number of ketones is 1. The number of allylic oxidation sites excluding steroid dienone is 1. The minimum atomic E-state index is -0.391. The molecule has 26 heavy (non-hydrogen) atoms. The fraction of sp³-hybridized carbons (Fsp3) is 0.316. The maximum absolute atomic E-state index is 13.0. The van der Waals surface area contributed by atoms with Crippen molar-refractivity contribution in [3.8, 4) is 0 Å². The lowest BCUT2D eigenvalue weighted by atomic mass is 9.74. The third kappa shape index (κ3) is 2.88. The summed E-state index contributed by atoms with van der Waals surface area (Å²) in [6.45, 7) is 4.18. The van der Waals surface area contributed by atoms with Crippen molar-refractivity contribution in [3.05, 3.63) is 62.7 Å². The highest BCUT2D eigenvalue weighted by atomic mass is 32.1. The quantitative estimate of drug-likeness (QED) is 0.582. The number of nitro groups is 1. The molecule has 0 spiro atoms. The minimum Gasteiger partial charge on any atom is -0.372 e. The van der Waals surface area contributed by atoms with Crippen LogP contribution in [0.15, 0.2) is 47.7 Å². The van der Waals surface area contributed by atoms with E-state index in [9.17, 15) is 14.9 Å². The molecular formula is C19H19N3O3S. The van der Waals surface area contributed by atoms with E-state index in [4.69, 9.17) is 0 Å². The van der Waals surface area contributed by atoms with Crippen LogP contribution in [0, 0.1) is 15.5 Å². The minimum absolute atomic E-state index is 0.0815.